The standard InChI is InChI=1S/C14H10BrF3N2O3S2/c1-24-13-19-11-9(5-3-7-2-4-8(15)6-10(7)11)12(20-13)23-25(21,22)14(16,17)18/h2,4,6H,3,5H2,1H3. The molecule has 0 fully saturated rings. The lowest BCUT2D eigenvalue weighted by atomic mass is 9.90. The lowest BCUT2D eigenvalue weighted by molar-refractivity contribution is -0.0501. The van der Waals surface area contributed by atoms with E-state index in [1.54, 1.807) is 12.3 Å². The van der Waals surface area contributed by atoms with Gasteiger partial charge in [-0.25, -0.2) is 4.98 Å². The van der Waals surface area contributed by atoms with E-state index in [-0.39, 0.29) is 17.1 Å². The quantitative estimate of drug-likeness (QED) is 0.302. The third kappa shape index (κ3) is 3.49. The Morgan fingerprint density at radius 2 is 1.96 bits per heavy atom. The molecule has 0 amide bonds. The van der Waals surface area contributed by atoms with Gasteiger partial charge >= 0.3 is 15.6 Å². The summed E-state index contributed by atoms with van der Waals surface area (Å²) in [6.45, 7) is 0. The van der Waals surface area contributed by atoms with Crippen molar-refractivity contribution < 1.29 is 25.8 Å². The Labute approximate surface area is 154 Å². The van der Waals surface area contributed by atoms with E-state index in [9.17, 15) is 21.6 Å². The summed E-state index contributed by atoms with van der Waals surface area (Å²) in [5, 5.41) is 0.124. The minimum atomic E-state index is -5.80. The van der Waals surface area contributed by atoms with Crippen LogP contribution in [0.25, 0.3) is 11.3 Å². The molecule has 0 spiro atoms. The summed E-state index contributed by atoms with van der Waals surface area (Å²) in [5.41, 5.74) is -3.22. The molecule has 0 aliphatic heterocycles. The number of aromatic nitrogens is 2. The number of rotatable bonds is 3. The van der Waals surface area contributed by atoms with E-state index in [0.717, 1.165) is 21.8 Å². The van der Waals surface area contributed by atoms with Crippen molar-refractivity contribution in [3.63, 3.8) is 0 Å². The van der Waals surface area contributed by atoms with Gasteiger partial charge in [0.2, 0.25) is 5.88 Å². The van der Waals surface area contributed by atoms with Crippen molar-refractivity contribution in [2.75, 3.05) is 6.26 Å². The maximum absolute atomic E-state index is 12.7. The summed E-state index contributed by atoms with van der Waals surface area (Å²) >= 11 is 4.42. The molecular formula is C14H10BrF3N2O3S2. The Balaban J connectivity index is 2.19. The molecule has 5 nitrogen and oxygen atoms in total. The fourth-order valence-corrected chi connectivity index (χ4v) is 3.61. The predicted octanol–water partition coefficient (Wildman–Crippen LogP) is 3.96. The topological polar surface area (TPSA) is 69.2 Å². The highest BCUT2D eigenvalue weighted by Crippen LogP contribution is 2.39. The van der Waals surface area contributed by atoms with Gasteiger partial charge in [-0.05, 0) is 36.8 Å². The SMILES string of the molecule is CSc1nc(OS(=O)(=O)C(F)(F)F)c2c(n1)-c1cc(Br)ccc1CC2. The number of hydrogen-bond acceptors (Lipinski definition) is 6. The largest absolute Gasteiger partial charge is 0.534 e. The molecule has 1 aromatic heterocycles. The zero-order valence-electron chi connectivity index (χ0n) is 12.6. The number of aryl methyl sites for hydroxylation is 1. The second-order valence-electron chi connectivity index (χ2n) is 5.13. The lowest BCUT2D eigenvalue weighted by Gasteiger charge is -2.21. The zero-order valence-corrected chi connectivity index (χ0v) is 15.8. The summed E-state index contributed by atoms with van der Waals surface area (Å²) in [4.78, 5) is 8.18. The Morgan fingerprint density at radius 3 is 2.60 bits per heavy atom. The molecule has 25 heavy (non-hydrogen) atoms. The molecule has 1 aliphatic rings. The van der Waals surface area contributed by atoms with Crippen LogP contribution in [0.3, 0.4) is 0 Å². The van der Waals surface area contributed by atoms with Crippen LogP contribution in [-0.2, 0) is 23.0 Å². The van der Waals surface area contributed by atoms with Crippen molar-refractivity contribution in [2.45, 2.75) is 23.5 Å². The van der Waals surface area contributed by atoms with Crippen molar-refractivity contribution in [1.82, 2.24) is 9.97 Å². The van der Waals surface area contributed by atoms with Gasteiger partial charge in [-0.2, -0.15) is 26.6 Å². The Kier molecular flexibility index (Phi) is 4.75. The average molecular weight is 455 g/mol. The van der Waals surface area contributed by atoms with Crippen LogP contribution < -0.4 is 4.18 Å². The van der Waals surface area contributed by atoms with Crippen LogP contribution in [0.15, 0.2) is 27.8 Å². The van der Waals surface area contributed by atoms with E-state index in [4.69, 9.17) is 0 Å². The van der Waals surface area contributed by atoms with E-state index < -0.39 is 21.5 Å². The van der Waals surface area contributed by atoms with E-state index in [0.29, 0.717) is 17.7 Å². The van der Waals surface area contributed by atoms with Gasteiger partial charge in [0.15, 0.2) is 5.16 Å². The first-order valence-corrected chi connectivity index (χ1v) is 10.3. The normalized spacial score (nSPS) is 14.0. The second-order valence-corrected chi connectivity index (χ2v) is 8.35. The summed E-state index contributed by atoms with van der Waals surface area (Å²) < 4.78 is 65.8. The maximum Gasteiger partial charge on any atom is 0.534 e. The Bertz CT molecular complexity index is 949. The maximum atomic E-state index is 12.7. The van der Waals surface area contributed by atoms with Gasteiger partial charge in [-0.1, -0.05) is 33.8 Å². The van der Waals surface area contributed by atoms with E-state index in [1.807, 2.05) is 12.1 Å². The molecule has 1 aromatic carbocycles. The van der Waals surface area contributed by atoms with Crippen LogP contribution in [0.2, 0.25) is 0 Å². The molecular weight excluding hydrogens is 445 g/mol. The van der Waals surface area contributed by atoms with Crippen LogP contribution >= 0.6 is 27.7 Å². The number of hydrogen-bond donors (Lipinski definition) is 0. The molecule has 1 heterocycles. The molecule has 0 bridgehead atoms. The number of thioether (sulfide) groups is 1. The lowest BCUT2D eigenvalue weighted by Crippen LogP contribution is -2.29. The smallest absolute Gasteiger partial charge is 0.355 e. The molecule has 0 radical (unpaired) electrons. The highest BCUT2D eigenvalue weighted by molar-refractivity contribution is 9.10. The van der Waals surface area contributed by atoms with Gasteiger partial charge in [-0.3, -0.25) is 0 Å². The molecule has 134 valence electrons. The van der Waals surface area contributed by atoms with Gasteiger partial charge in [-0.15, -0.1) is 0 Å². The second kappa shape index (κ2) is 6.44. The van der Waals surface area contributed by atoms with Crippen LogP contribution in [0.1, 0.15) is 11.1 Å². The van der Waals surface area contributed by atoms with Crippen LogP contribution in [0.5, 0.6) is 5.88 Å². The van der Waals surface area contributed by atoms with E-state index >= 15 is 0 Å². The van der Waals surface area contributed by atoms with Crippen LogP contribution in [-0.4, -0.2) is 30.1 Å². The molecule has 1 aliphatic carbocycles. The molecule has 11 heteroatoms. The monoisotopic (exact) mass is 454 g/mol. The average Bonchev–Trinajstić information content (AvgIpc) is 2.53. The number of fused-ring (bicyclic) bond motifs is 3. The number of benzene rings is 1. The van der Waals surface area contributed by atoms with Crippen molar-refractivity contribution in [3.8, 4) is 17.1 Å². The molecule has 3 rings (SSSR count). The first-order valence-electron chi connectivity index (χ1n) is 6.87. The van der Waals surface area contributed by atoms with E-state index in [2.05, 4.69) is 30.1 Å². The van der Waals surface area contributed by atoms with Gasteiger partial charge < -0.3 is 4.18 Å². The minimum Gasteiger partial charge on any atom is -0.355 e. The molecule has 0 atom stereocenters. The highest BCUT2D eigenvalue weighted by atomic mass is 79.9. The third-order valence-electron chi connectivity index (χ3n) is 3.57. The predicted molar refractivity (Wildman–Crippen MR) is 90.0 cm³/mol. The number of alkyl halides is 3. The van der Waals surface area contributed by atoms with Gasteiger partial charge in [0.25, 0.3) is 0 Å². The summed E-state index contributed by atoms with van der Waals surface area (Å²) in [6.07, 6.45) is 2.43. The molecule has 0 N–H and O–H groups in total. The van der Waals surface area contributed by atoms with Crippen molar-refractivity contribution in [2.24, 2.45) is 0 Å². The fraction of sp³-hybridized carbons (Fsp3) is 0.286. The third-order valence-corrected chi connectivity index (χ3v) is 5.56. The first-order chi connectivity index (χ1) is 11.6. The van der Waals surface area contributed by atoms with Crippen LogP contribution in [0.4, 0.5) is 13.2 Å². The summed E-state index contributed by atoms with van der Waals surface area (Å²) in [5.74, 6) is -0.572. The fourth-order valence-electron chi connectivity index (χ4n) is 2.45. The zero-order chi connectivity index (χ0) is 18.4. The molecule has 0 saturated carbocycles. The number of nitrogens with zero attached hydrogens (tertiary/aromatic N) is 2. The summed E-state index contributed by atoms with van der Waals surface area (Å²) in [7, 11) is -5.80. The Hall–Kier alpha value is -1.33. The van der Waals surface area contributed by atoms with E-state index in [1.165, 1.54) is 0 Å². The first kappa shape index (κ1) is 18.5. The molecule has 0 saturated heterocycles. The Morgan fingerprint density at radius 1 is 1.24 bits per heavy atom. The van der Waals surface area contributed by atoms with Crippen LogP contribution in [0, 0.1) is 0 Å². The van der Waals surface area contributed by atoms with Gasteiger partial charge in [0, 0.05) is 15.6 Å². The van der Waals surface area contributed by atoms with Crippen molar-refractivity contribution in [1.29, 1.82) is 0 Å². The van der Waals surface area contributed by atoms with Crippen molar-refractivity contribution >= 4 is 37.8 Å². The van der Waals surface area contributed by atoms with Gasteiger partial charge in [0.1, 0.15) is 0 Å². The molecule has 0 unspecified atom stereocenters. The van der Waals surface area contributed by atoms with Gasteiger partial charge in [0.05, 0.1) is 5.69 Å². The molecule has 2 aromatic rings. The number of halogens is 4. The van der Waals surface area contributed by atoms with Crippen molar-refractivity contribution in [3.05, 3.63) is 33.8 Å². The highest BCUT2D eigenvalue weighted by Gasteiger charge is 2.49. The minimum absolute atomic E-state index is 0.124. The summed E-state index contributed by atoms with van der Waals surface area (Å²) in [6, 6.07) is 5.52.